The van der Waals surface area contributed by atoms with Crippen LogP contribution in [0.5, 0.6) is 0 Å². The van der Waals surface area contributed by atoms with Crippen LogP contribution in [-0.4, -0.2) is 37.4 Å². The molecular formula is C17H22O5. The lowest BCUT2D eigenvalue weighted by Crippen LogP contribution is -2.06. The molecule has 0 heterocycles. The van der Waals surface area contributed by atoms with Crippen molar-refractivity contribution >= 4 is 18.0 Å². The Hall–Kier alpha value is -2.14. The minimum atomic E-state index is -0.426. The van der Waals surface area contributed by atoms with Crippen molar-refractivity contribution in [1.29, 1.82) is 0 Å². The number of benzene rings is 1. The highest BCUT2D eigenvalue weighted by molar-refractivity contribution is 5.90. The second-order valence-corrected chi connectivity index (χ2v) is 4.75. The molecule has 0 bridgehead atoms. The van der Waals surface area contributed by atoms with Crippen molar-refractivity contribution in [2.75, 3.05) is 20.3 Å². The molecule has 120 valence electrons. The van der Waals surface area contributed by atoms with Gasteiger partial charge in [0.2, 0.25) is 0 Å². The van der Waals surface area contributed by atoms with Crippen LogP contribution >= 0.6 is 0 Å². The van der Waals surface area contributed by atoms with Gasteiger partial charge in [-0.15, -0.1) is 0 Å². The molecule has 0 unspecified atom stereocenters. The van der Waals surface area contributed by atoms with Gasteiger partial charge in [-0.3, -0.25) is 0 Å². The van der Waals surface area contributed by atoms with Crippen LogP contribution < -0.4 is 0 Å². The minimum Gasteiger partial charge on any atom is -0.466 e. The summed E-state index contributed by atoms with van der Waals surface area (Å²) in [6.07, 6.45) is 6.39. The van der Waals surface area contributed by atoms with E-state index in [1.165, 1.54) is 13.2 Å². The van der Waals surface area contributed by atoms with Crippen molar-refractivity contribution in [2.24, 2.45) is 0 Å². The van der Waals surface area contributed by atoms with Gasteiger partial charge in [-0.2, -0.15) is 0 Å². The normalized spacial score (nSPS) is 10.6. The molecule has 0 radical (unpaired) electrons. The van der Waals surface area contributed by atoms with E-state index in [1.54, 1.807) is 30.3 Å². The van der Waals surface area contributed by atoms with Crippen LogP contribution in [0, 0.1) is 0 Å². The van der Waals surface area contributed by atoms with Gasteiger partial charge < -0.3 is 14.6 Å². The molecule has 1 N–H and O–H groups in total. The van der Waals surface area contributed by atoms with Crippen molar-refractivity contribution < 1.29 is 24.2 Å². The van der Waals surface area contributed by atoms with Crippen LogP contribution in [0.25, 0.3) is 6.08 Å². The number of aliphatic hydroxyl groups is 1. The van der Waals surface area contributed by atoms with Crippen LogP contribution in [0.2, 0.25) is 0 Å². The van der Waals surface area contributed by atoms with E-state index in [0.29, 0.717) is 12.2 Å². The highest BCUT2D eigenvalue weighted by Crippen LogP contribution is 2.08. The SMILES string of the molecule is COC(=O)/C=C/c1ccc(C(=O)OCCCCCCO)cc1. The number of hydrogen-bond acceptors (Lipinski definition) is 5. The molecular weight excluding hydrogens is 284 g/mol. The molecule has 0 atom stereocenters. The lowest BCUT2D eigenvalue weighted by Gasteiger charge is -2.05. The van der Waals surface area contributed by atoms with Crippen LogP contribution in [0.3, 0.4) is 0 Å². The quantitative estimate of drug-likeness (QED) is 0.431. The molecule has 0 aromatic heterocycles. The third kappa shape index (κ3) is 7.04. The molecule has 0 aliphatic rings. The Morgan fingerprint density at radius 1 is 1.09 bits per heavy atom. The van der Waals surface area contributed by atoms with Crippen molar-refractivity contribution in [3.8, 4) is 0 Å². The summed E-state index contributed by atoms with van der Waals surface area (Å²) in [5.41, 5.74) is 1.27. The van der Waals surface area contributed by atoms with Gasteiger partial charge in [0.1, 0.15) is 0 Å². The van der Waals surface area contributed by atoms with E-state index in [4.69, 9.17) is 9.84 Å². The van der Waals surface area contributed by atoms with Gasteiger partial charge in [0.15, 0.2) is 0 Å². The van der Waals surface area contributed by atoms with E-state index >= 15 is 0 Å². The molecule has 1 aromatic carbocycles. The number of carbonyl (C=O) groups is 2. The summed E-state index contributed by atoms with van der Waals surface area (Å²) in [4.78, 5) is 22.8. The van der Waals surface area contributed by atoms with Gasteiger partial charge >= 0.3 is 11.9 Å². The topological polar surface area (TPSA) is 72.8 Å². The van der Waals surface area contributed by atoms with Gasteiger partial charge in [-0.25, -0.2) is 9.59 Å². The van der Waals surface area contributed by atoms with Crippen molar-refractivity contribution in [3.63, 3.8) is 0 Å². The molecule has 0 spiro atoms. The number of esters is 2. The Balaban J connectivity index is 2.37. The van der Waals surface area contributed by atoms with E-state index in [9.17, 15) is 9.59 Å². The van der Waals surface area contributed by atoms with Gasteiger partial charge in [0.25, 0.3) is 0 Å². The second kappa shape index (κ2) is 10.6. The summed E-state index contributed by atoms with van der Waals surface area (Å²) in [6, 6.07) is 6.78. The maximum Gasteiger partial charge on any atom is 0.338 e. The first-order chi connectivity index (χ1) is 10.7. The van der Waals surface area contributed by atoms with Gasteiger partial charge in [0.05, 0.1) is 19.3 Å². The summed E-state index contributed by atoms with van der Waals surface area (Å²) in [6.45, 7) is 0.588. The average molecular weight is 306 g/mol. The summed E-state index contributed by atoms with van der Waals surface area (Å²) in [5.74, 6) is -0.782. The number of methoxy groups -OCH3 is 1. The highest BCUT2D eigenvalue weighted by atomic mass is 16.5. The van der Waals surface area contributed by atoms with E-state index in [-0.39, 0.29) is 12.6 Å². The molecule has 22 heavy (non-hydrogen) atoms. The molecule has 0 amide bonds. The Bertz CT molecular complexity index is 490. The maximum absolute atomic E-state index is 11.8. The van der Waals surface area contributed by atoms with Crippen molar-refractivity contribution in [2.45, 2.75) is 25.7 Å². The smallest absolute Gasteiger partial charge is 0.338 e. The molecule has 1 rings (SSSR count). The van der Waals surface area contributed by atoms with E-state index in [2.05, 4.69) is 4.74 Å². The fraction of sp³-hybridized carbons (Fsp3) is 0.412. The average Bonchev–Trinajstić information content (AvgIpc) is 2.56. The number of aliphatic hydroxyl groups excluding tert-OH is 1. The zero-order valence-corrected chi connectivity index (χ0v) is 12.8. The lowest BCUT2D eigenvalue weighted by atomic mass is 10.1. The van der Waals surface area contributed by atoms with Crippen LogP contribution in [0.4, 0.5) is 0 Å². The van der Waals surface area contributed by atoms with E-state index in [1.807, 2.05) is 0 Å². The van der Waals surface area contributed by atoms with Gasteiger partial charge in [-0.05, 0) is 43.0 Å². The first-order valence-electron chi connectivity index (χ1n) is 7.31. The van der Waals surface area contributed by atoms with Crippen LogP contribution in [0.15, 0.2) is 30.3 Å². The summed E-state index contributed by atoms with van der Waals surface area (Å²) in [5, 5.41) is 8.65. The zero-order valence-electron chi connectivity index (χ0n) is 12.8. The van der Waals surface area contributed by atoms with E-state index in [0.717, 1.165) is 31.2 Å². The third-order valence-electron chi connectivity index (χ3n) is 3.05. The van der Waals surface area contributed by atoms with Crippen molar-refractivity contribution in [3.05, 3.63) is 41.5 Å². The Morgan fingerprint density at radius 3 is 2.41 bits per heavy atom. The summed E-state index contributed by atoms with van der Waals surface area (Å²) >= 11 is 0. The summed E-state index contributed by atoms with van der Waals surface area (Å²) < 4.78 is 9.67. The predicted octanol–water partition coefficient (Wildman–Crippen LogP) is 2.58. The largest absolute Gasteiger partial charge is 0.466 e. The Labute approximate surface area is 130 Å². The first-order valence-corrected chi connectivity index (χ1v) is 7.31. The molecule has 5 nitrogen and oxygen atoms in total. The Morgan fingerprint density at radius 2 is 1.77 bits per heavy atom. The van der Waals surface area contributed by atoms with Gasteiger partial charge in [-0.1, -0.05) is 18.6 Å². The molecule has 5 heteroatoms. The molecule has 0 aliphatic carbocycles. The lowest BCUT2D eigenvalue weighted by molar-refractivity contribution is -0.134. The fourth-order valence-electron chi connectivity index (χ4n) is 1.78. The monoisotopic (exact) mass is 306 g/mol. The van der Waals surface area contributed by atoms with Crippen LogP contribution in [-0.2, 0) is 14.3 Å². The third-order valence-corrected chi connectivity index (χ3v) is 3.05. The number of unbranched alkanes of at least 4 members (excludes halogenated alkanes) is 3. The molecule has 0 saturated heterocycles. The maximum atomic E-state index is 11.8. The molecule has 0 aliphatic heterocycles. The predicted molar refractivity (Wildman–Crippen MR) is 83.3 cm³/mol. The summed E-state index contributed by atoms with van der Waals surface area (Å²) in [7, 11) is 1.32. The standard InChI is InChI=1S/C17H22O5/c1-21-16(19)11-8-14-6-9-15(10-7-14)17(20)22-13-5-3-2-4-12-18/h6-11,18H,2-5,12-13H2,1H3/b11-8+. The number of hydrogen-bond donors (Lipinski definition) is 1. The number of ether oxygens (including phenoxy) is 2. The fourth-order valence-corrected chi connectivity index (χ4v) is 1.78. The molecule has 0 fully saturated rings. The highest BCUT2D eigenvalue weighted by Gasteiger charge is 2.06. The zero-order chi connectivity index (χ0) is 16.2. The minimum absolute atomic E-state index is 0.205. The molecule has 0 saturated carbocycles. The number of carbonyl (C=O) groups excluding carboxylic acids is 2. The Kier molecular flexibility index (Phi) is 8.60. The van der Waals surface area contributed by atoms with E-state index < -0.39 is 5.97 Å². The first kappa shape index (κ1) is 17.9. The number of rotatable bonds is 9. The van der Waals surface area contributed by atoms with Crippen molar-refractivity contribution in [1.82, 2.24) is 0 Å². The van der Waals surface area contributed by atoms with Gasteiger partial charge in [0, 0.05) is 12.7 Å². The van der Waals surface area contributed by atoms with Crippen LogP contribution in [0.1, 0.15) is 41.6 Å². The second-order valence-electron chi connectivity index (χ2n) is 4.75. The molecule has 1 aromatic rings.